The molecule has 1 atom stereocenters. The number of rotatable bonds is 2. The van der Waals surface area contributed by atoms with Gasteiger partial charge in [0.2, 0.25) is 0 Å². The number of hydrogen-bond acceptors (Lipinski definition) is 6. The Bertz CT molecular complexity index is 157. The van der Waals surface area contributed by atoms with Crippen molar-refractivity contribution in [2.24, 2.45) is 0 Å². The van der Waals surface area contributed by atoms with Crippen LogP contribution in [0.4, 0.5) is 0 Å². The molecule has 0 saturated carbocycles. The summed E-state index contributed by atoms with van der Waals surface area (Å²) in [7, 11) is -11.0. The van der Waals surface area contributed by atoms with Gasteiger partial charge in [0.1, 0.15) is 0 Å². The van der Waals surface area contributed by atoms with E-state index < -0.39 is 15.6 Å². The van der Waals surface area contributed by atoms with E-state index in [0.717, 1.165) is 0 Å². The normalized spacial score (nSPS) is 15.6. The smallest absolute Gasteiger partial charge is 0.790 e. The maximum absolute atomic E-state index is 9.44. The molecule has 0 heterocycles. The maximum atomic E-state index is 9.44. The summed E-state index contributed by atoms with van der Waals surface area (Å²) in [4.78, 5) is 35.7. The van der Waals surface area contributed by atoms with Crippen molar-refractivity contribution in [3.63, 3.8) is 0 Å². The average Bonchev–Trinajstić information content (AvgIpc) is 1.14. The quantitative estimate of drug-likeness (QED) is 0.422. The van der Waals surface area contributed by atoms with E-state index >= 15 is 0 Å². The van der Waals surface area contributed by atoms with Crippen molar-refractivity contribution in [2.75, 3.05) is 0 Å². The summed E-state index contributed by atoms with van der Waals surface area (Å²) >= 11 is 0. The SMILES string of the molecule is O=P([O-])([O-])OP(=O)([O-])O.[Ag+].[Mg+2]. The van der Waals surface area contributed by atoms with E-state index in [9.17, 15) is 23.8 Å². The number of phosphoric acid groups is 2. The van der Waals surface area contributed by atoms with Crippen LogP contribution < -0.4 is 14.7 Å². The molecule has 0 bridgehead atoms. The fourth-order valence-electron chi connectivity index (χ4n) is 0.126. The summed E-state index contributed by atoms with van der Waals surface area (Å²) in [6.45, 7) is 0. The van der Waals surface area contributed by atoms with Crippen LogP contribution in [0.3, 0.4) is 0 Å². The third-order valence-electron chi connectivity index (χ3n) is 0.203. The molecular formula is HAgMgO7P2. The minimum atomic E-state index is -5.61. The summed E-state index contributed by atoms with van der Waals surface area (Å²) in [5.74, 6) is 0. The van der Waals surface area contributed by atoms with Gasteiger partial charge in [-0.2, -0.15) is 0 Å². The Morgan fingerprint density at radius 2 is 1.45 bits per heavy atom. The van der Waals surface area contributed by atoms with E-state index in [1.54, 1.807) is 0 Å². The van der Waals surface area contributed by atoms with Gasteiger partial charge in [-0.3, -0.25) is 8.88 Å². The first kappa shape index (κ1) is 18.5. The van der Waals surface area contributed by atoms with E-state index in [1.807, 2.05) is 0 Å². The molecular weight excluding hydrogens is 306 g/mol. The minimum Gasteiger partial charge on any atom is -0.790 e. The van der Waals surface area contributed by atoms with Crippen LogP contribution in [0.5, 0.6) is 0 Å². The molecule has 0 aromatic carbocycles. The molecule has 7 nitrogen and oxygen atoms in total. The molecule has 11 heteroatoms. The molecule has 0 radical (unpaired) electrons. The van der Waals surface area contributed by atoms with Gasteiger partial charge < -0.3 is 24.1 Å². The molecule has 11 heavy (non-hydrogen) atoms. The van der Waals surface area contributed by atoms with Gasteiger partial charge in [0.05, 0.1) is 7.82 Å². The molecule has 0 spiro atoms. The Morgan fingerprint density at radius 1 is 1.18 bits per heavy atom. The molecule has 0 aliphatic rings. The van der Waals surface area contributed by atoms with Crippen molar-refractivity contribution in [1.82, 2.24) is 0 Å². The van der Waals surface area contributed by atoms with Gasteiger partial charge in [-0.15, -0.1) is 0 Å². The monoisotopic (exact) mass is 306 g/mol. The van der Waals surface area contributed by atoms with Crippen LogP contribution in [0.1, 0.15) is 0 Å². The van der Waals surface area contributed by atoms with Crippen molar-refractivity contribution in [2.45, 2.75) is 0 Å². The standard InChI is InChI=1S/Ag.Mg.H4O7P2/c;;1-8(2,3)7-9(4,5)6/h;;(H2,1,2,3)(H2,4,5,6)/q+1;+2;/p-3. The number of hydrogen-bond donors (Lipinski definition) is 1. The fourth-order valence-corrected chi connectivity index (χ4v) is 1.14. The molecule has 0 amide bonds. The summed E-state index contributed by atoms with van der Waals surface area (Å²) in [6.07, 6.45) is 0. The van der Waals surface area contributed by atoms with Crippen molar-refractivity contribution >= 4 is 38.7 Å². The minimum absolute atomic E-state index is 0. The van der Waals surface area contributed by atoms with E-state index in [2.05, 4.69) is 4.31 Å². The molecule has 1 N–H and O–H groups in total. The average molecular weight is 307 g/mol. The second kappa shape index (κ2) is 6.26. The van der Waals surface area contributed by atoms with Gasteiger partial charge >= 0.3 is 45.4 Å². The van der Waals surface area contributed by atoms with Crippen molar-refractivity contribution < 1.29 is 55.4 Å². The van der Waals surface area contributed by atoms with Crippen LogP contribution in [-0.4, -0.2) is 27.9 Å². The van der Waals surface area contributed by atoms with Crippen LogP contribution in [0.25, 0.3) is 0 Å². The van der Waals surface area contributed by atoms with Crippen LogP contribution in [0.2, 0.25) is 0 Å². The zero-order valence-electron chi connectivity index (χ0n) is 4.80. The second-order valence-corrected chi connectivity index (χ2v) is 3.48. The molecule has 0 aromatic heterocycles. The summed E-state index contributed by atoms with van der Waals surface area (Å²) in [5.41, 5.74) is 0. The molecule has 0 aliphatic heterocycles. The Labute approximate surface area is 93.7 Å². The van der Waals surface area contributed by atoms with Gasteiger partial charge in [0.15, 0.2) is 0 Å². The largest absolute Gasteiger partial charge is 2.00 e. The van der Waals surface area contributed by atoms with Gasteiger partial charge in [-0.25, -0.2) is 0 Å². The van der Waals surface area contributed by atoms with Crippen LogP contribution in [-0.2, 0) is 35.8 Å². The van der Waals surface area contributed by atoms with Crippen molar-refractivity contribution in [1.29, 1.82) is 0 Å². The Balaban J connectivity index is -0.000000320. The molecule has 0 fully saturated rings. The van der Waals surface area contributed by atoms with Gasteiger partial charge in [0.25, 0.3) is 7.82 Å². The Kier molecular flexibility index (Phi) is 10.5. The Morgan fingerprint density at radius 3 is 1.45 bits per heavy atom. The van der Waals surface area contributed by atoms with E-state index in [1.165, 1.54) is 0 Å². The van der Waals surface area contributed by atoms with Crippen molar-refractivity contribution in [3.8, 4) is 0 Å². The summed E-state index contributed by atoms with van der Waals surface area (Å²) in [6, 6.07) is 0. The molecule has 0 rings (SSSR count). The summed E-state index contributed by atoms with van der Waals surface area (Å²) in [5, 5.41) is 0. The van der Waals surface area contributed by atoms with Crippen LogP contribution >= 0.6 is 15.6 Å². The molecule has 1 unspecified atom stereocenters. The maximum Gasteiger partial charge on any atom is 2.00 e. The molecule has 0 aliphatic carbocycles. The van der Waals surface area contributed by atoms with Gasteiger partial charge in [-0.1, -0.05) is 0 Å². The fraction of sp³-hybridized carbons (Fsp3) is 0. The first-order valence-electron chi connectivity index (χ1n) is 1.48. The zero-order valence-corrected chi connectivity index (χ0v) is 9.49. The predicted octanol–water partition coefficient (Wildman–Crippen LogP) is -3.09. The van der Waals surface area contributed by atoms with E-state index in [4.69, 9.17) is 4.89 Å². The van der Waals surface area contributed by atoms with Crippen molar-refractivity contribution in [3.05, 3.63) is 0 Å². The first-order valence-corrected chi connectivity index (χ1v) is 4.43. The van der Waals surface area contributed by atoms with E-state index in [0.29, 0.717) is 0 Å². The first-order chi connectivity index (χ1) is 3.71. The molecule has 0 aromatic rings. The third kappa shape index (κ3) is 18.6. The topological polar surface area (TPSA) is 133 Å². The van der Waals surface area contributed by atoms with Gasteiger partial charge in [-0.05, 0) is 0 Å². The Hall–Kier alpha value is 1.77. The zero-order chi connectivity index (χ0) is 7.71. The molecule has 0 saturated heterocycles. The third-order valence-corrected chi connectivity index (χ3v) is 1.83. The van der Waals surface area contributed by atoms with Crippen LogP contribution in [0.15, 0.2) is 0 Å². The second-order valence-electron chi connectivity index (χ2n) is 0.997. The summed E-state index contributed by atoms with van der Waals surface area (Å²) < 4.78 is 21.4. The molecule has 66 valence electrons. The van der Waals surface area contributed by atoms with Gasteiger partial charge in [0, 0.05) is 0 Å². The van der Waals surface area contributed by atoms with Crippen LogP contribution in [0, 0.1) is 0 Å². The van der Waals surface area contributed by atoms with E-state index in [-0.39, 0.29) is 45.4 Å². The predicted molar refractivity (Wildman–Crippen MR) is 24.3 cm³/mol.